The van der Waals surface area contributed by atoms with Crippen molar-refractivity contribution in [3.05, 3.63) is 60.9 Å². The number of thiazole rings is 1. The molecule has 0 amide bonds. The van der Waals surface area contributed by atoms with Crippen molar-refractivity contribution in [1.82, 2.24) is 9.38 Å². The molecule has 2 heterocycles. The quantitative estimate of drug-likeness (QED) is 0.573. The highest BCUT2D eigenvalue weighted by atomic mass is 35.5. The van der Waals surface area contributed by atoms with E-state index in [0.29, 0.717) is 25.8 Å². The molecule has 0 spiro atoms. The number of ether oxygens (including phenoxy) is 1. The number of imidazole rings is 1. The fourth-order valence-corrected chi connectivity index (χ4v) is 4.08. The Balaban J connectivity index is 1.99. The summed E-state index contributed by atoms with van der Waals surface area (Å²) in [6, 6.07) is 6.98. The SMILES string of the molecule is COc1cc(/C=c2\sc3nc4cc(C)c(C)cc4n3c2=O)c(Cl)cc1O. The van der Waals surface area contributed by atoms with Gasteiger partial charge < -0.3 is 9.84 Å². The molecule has 0 saturated heterocycles. The number of aryl methyl sites for hydroxylation is 2. The van der Waals surface area contributed by atoms with Crippen molar-refractivity contribution in [3.8, 4) is 11.5 Å². The summed E-state index contributed by atoms with van der Waals surface area (Å²) in [5, 5.41) is 10.1. The number of halogens is 1. The van der Waals surface area contributed by atoms with Crippen LogP contribution >= 0.6 is 22.9 Å². The van der Waals surface area contributed by atoms with Crippen LogP contribution < -0.4 is 14.8 Å². The lowest BCUT2D eigenvalue weighted by Gasteiger charge is -2.05. The van der Waals surface area contributed by atoms with Crippen molar-refractivity contribution in [2.24, 2.45) is 0 Å². The average molecular weight is 387 g/mol. The highest BCUT2D eigenvalue weighted by molar-refractivity contribution is 7.15. The van der Waals surface area contributed by atoms with Gasteiger partial charge in [-0.1, -0.05) is 22.9 Å². The van der Waals surface area contributed by atoms with Gasteiger partial charge in [-0.2, -0.15) is 0 Å². The number of aromatic hydroxyl groups is 1. The predicted molar refractivity (Wildman–Crippen MR) is 105 cm³/mol. The maximum Gasteiger partial charge on any atom is 0.274 e. The molecule has 0 radical (unpaired) electrons. The average Bonchev–Trinajstić information content (AvgIpc) is 3.07. The van der Waals surface area contributed by atoms with E-state index in [1.54, 1.807) is 16.5 Å². The Labute approximate surface area is 157 Å². The van der Waals surface area contributed by atoms with E-state index in [2.05, 4.69) is 4.98 Å². The van der Waals surface area contributed by atoms with Gasteiger partial charge in [-0.05, 0) is 54.8 Å². The molecule has 0 aliphatic carbocycles. The number of methoxy groups -OCH3 is 1. The molecule has 0 fully saturated rings. The van der Waals surface area contributed by atoms with Crippen LogP contribution in [0.5, 0.6) is 11.5 Å². The maximum absolute atomic E-state index is 12.9. The molecular formula is C19H15ClN2O3S. The minimum Gasteiger partial charge on any atom is -0.504 e. The fraction of sp³-hybridized carbons (Fsp3) is 0.158. The van der Waals surface area contributed by atoms with Crippen LogP contribution in [-0.4, -0.2) is 21.6 Å². The van der Waals surface area contributed by atoms with Gasteiger partial charge in [0.1, 0.15) is 0 Å². The normalized spacial score (nSPS) is 12.4. The van der Waals surface area contributed by atoms with Crippen molar-refractivity contribution in [2.45, 2.75) is 13.8 Å². The Morgan fingerprint density at radius 2 is 1.96 bits per heavy atom. The minimum atomic E-state index is -0.140. The molecule has 4 rings (SSSR count). The molecule has 0 aliphatic rings. The lowest BCUT2D eigenvalue weighted by atomic mass is 10.1. The van der Waals surface area contributed by atoms with Gasteiger partial charge in [0.15, 0.2) is 16.5 Å². The number of aromatic nitrogens is 2. The van der Waals surface area contributed by atoms with Gasteiger partial charge in [0.05, 0.1) is 27.7 Å². The van der Waals surface area contributed by atoms with E-state index in [4.69, 9.17) is 16.3 Å². The summed E-state index contributed by atoms with van der Waals surface area (Å²) < 4.78 is 7.26. The van der Waals surface area contributed by atoms with E-state index in [1.165, 1.54) is 24.5 Å². The van der Waals surface area contributed by atoms with Crippen LogP contribution in [0.4, 0.5) is 0 Å². The fourth-order valence-electron chi connectivity index (χ4n) is 2.89. The van der Waals surface area contributed by atoms with Crippen LogP contribution in [0.1, 0.15) is 16.7 Å². The summed E-state index contributed by atoms with van der Waals surface area (Å²) in [5.41, 5.74) is 4.33. The first-order chi connectivity index (χ1) is 12.4. The number of hydrogen-bond donors (Lipinski definition) is 1. The summed E-state index contributed by atoms with van der Waals surface area (Å²) in [7, 11) is 1.46. The van der Waals surface area contributed by atoms with Gasteiger partial charge >= 0.3 is 0 Å². The second kappa shape index (κ2) is 6.00. The molecule has 132 valence electrons. The van der Waals surface area contributed by atoms with E-state index >= 15 is 0 Å². The van der Waals surface area contributed by atoms with Crippen molar-refractivity contribution in [2.75, 3.05) is 7.11 Å². The standard InChI is InChI=1S/C19H15ClN2O3S/c1-9-4-13-14(5-10(9)2)22-18(24)17(26-19(22)21-13)7-11-6-16(25-3)15(23)8-12(11)20/h4-8,23H,1-3H3/b17-7-. The second-order valence-corrected chi connectivity index (χ2v) is 7.53. The lowest BCUT2D eigenvalue weighted by molar-refractivity contribution is 0.373. The number of rotatable bonds is 2. The summed E-state index contributed by atoms with van der Waals surface area (Å²) in [4.78, 5) is 18.1. The number of hydrogen-bond acceptors (Lipinski definition) is 5. The minimum absolute atomic E-state index is 0.0465. The molecule has 4 aromatic rings. The second-order valence-electron chi connectivity index (χ2n) is 6.12. The summed E-state index contributed by atoms with van der Waals surface area (Å²) >= 11 is 7.50. The highest BCUT2D eigenvalue weighted by Gasteiger charge is 2.13. The topological polar surface area (TPSA) is 63.8 Å². The Hall–Kier alpha value is -2.57. The molecule has 0 saturated carbocycles. The molecule has 26 heavy (non-hydrogen) atoms. The summed E-state index contributed by atoms with van der Waals surface area (Å²) in [5.74, 6) is 0.251. The van der Waals surface area contributed by atoms with Gasteiger partial charge in [-0.3, -0.25) is 4.79 Å². The van der Waals surface area contributed by atoms with Crippen LogP contribution in [0.2, 0.25) is 5.02 Å². The number of benzene rings is 2. The monoisotopic (exact) mass is 386 g/mol. The predicted octanol–water partition coefficient (Wildman–Crippen LogP) is 3.44. The summed E-state index contributed by atoms with van der Waals surface area (Å²) in [6.45, 7) is 4.04. The number of fused-ring (bicyclic) bond motifs is 3. The largest absolute Gasteiger partial charge is 0.504 e. The molecule has 7 heteroatoms. The number of nitrogens with zero attached hydrogens (tertiary/aromatic N) is 2. The Kier molecular flexibility index (Phi) is 3.89. The number of phenols is 1. The molecule has 0 bridgehead atoms. The Morgan fingerprint density at radius 3 is 2.69 bits per heavy atom. The first kappa shape index (κ1) is 16.9. The van der Waals surface area contributed by atoms with Crippen LogP contribution in [0.3, 0.4) is 0 Å². The van der Waals surface area contributed by atoms with E-state index in [0.717, 1.165) is 22.2 Å². The van der Waals surface area contributed by atoms with Gasteiger partial charge in [0, 0.05) is 6.07 Å². The molecule has 2 aromatic carbocycles. The smallest absolute Gasteiger partial charge is 0.274 e. The van der Waals surface area contributed by atoms with Crippen LogP contribution in [0.25, 0.3) is 22.1 Å². The molecule has 0 atom stereocenters. The Bertz CT molecular complexity index is 1290. The van der Waals surface area contributed by atoms with Crippen LogP contribution in [-0.2, 0) is 0 Å². The van der Waals surface area contributed by atoms with Crippen molar-refractivity contribution in [1.29, 1.82) is 0 Å². The van der Waals surface area contributed by atoms with E-state index < -0.39 is 0 Å². The van der Waals surface area contributed by atoms with Crippen molar-refractivity contribution >= 4 is 45.0 Å². The first-order valence-electron chi connectivity index (χ1n) is 7.89. The Morgan fingerprint density at radius 1 is 1.23 bits per heavy atom. The van der Waals surface area contributed by atoms with E-state index in [9.17, 15) is 9.90 Å². The van der Waals surface area contributed by atoms with Gasteiger partial charge in [0.2, 0.25) is 0 Å². The van der Waals surface area contributed by atoms with Crippen LogP contribution in [0.15, 0.2) is 29.1 Å². The zero-order chi connectivity index (χ0) is 18.6. The van der Waals surface area contributed by atoms with Crippen molar-refractivity contribution < 1.29 is 9.84 Å². The molecule has 0 aliphatic heterocycles. The third-order valence-corrected chi connectivity index (χ3v) is 5.74. The van der Waals surface area contributed by atoms with Crippen molar-refractivity contribution in [3.63, 3.8) is 0 Å². The zero-order valence-corrected chi connectivity index (χ0v) is 15.9. The molecule has 5 nitrogen and oxygen atoms in total. The maximum atomic E-state index is 12.9. The van der Waals surface area contributed by atoms with E-state index in [1.807, 2.05) is 26.0 Å². The summed E-state index contributed by atoms with van der Waals surface area (Å²) in [6.07, 6.45) is 1.69. The molecular weight excluding hydrogens is 372 g/mol. The lowest BCUT2D eigenvalue weighted by Crippen LogP contribution is -2.22. The zero-order valence-electron chi connectivity index (χ0n) is 14.3. The third kappa shape index (κ3) is 2.53. The number of phenolic OH excluding ortho intramolecular Hbond substituents is 1. The molecule has 0 unspecified atom stereocenters. The van der Waals surface area contributed by atoms with Gasteiger partial charge in [-0.15, -0.1) is 0 Å². The molecule has 2 aromatic heterocycles. The van der Waals surface area contributed by atoms with Crippen LogP contribution in [0, 0.1) is 13.8 Å². The molecule has 1 N–H and O–H groups in total. The van der Waals surface area contributed by atoms with Gasteiger partial charge in [0.25, 0.3) is 5.56 Å². The van der Waals surface area contributed by atoms with E-state index in [-0.39, 0.29) is 11.3 Å². The van der Waals surface area contributed by atoms with Gasteiger partial charge in [-0.25, -0.2) is 9.38 Å². The highest BCUT2D eigenvalue weighted by Crippen LogP contribution is 2.32. The third-order valence-electron chi connectivity index (χ3n) is 4.44. The first-order valence-corrected chi connectivity index (χ1v) is 9.09.